The Kier molecular flexibility index (Phi) is 5.48. The number of carbonyl (C=O) groups excluding carboxylic acids is 4. The summed E-state index contributed by atoms with van der Waals surface area (Å²) in [6.45, 7) is 1.41. The van der Waals surface area contributed by atoms with Gasteiger partial charge in [-0.25, -0.2) is 4.90 Å². The number of aromatic amines is 1. The van der Waals surface area contributed by atoms with Crippen molar-refractivity contribution in [2.24, 2.45) is 11.8 Å². The molecule has 2 fully saturated rings. The van der Waals surface area contributed by atoms with Crippen LogP contribution in [0.15, 0.2) is 77.4 Å². The zero-order chi connectivity index (χ0) is 27.8. The second-order valence-corrected chi connectivity index (χ2v) is 11.4. The second-order valence-electron chi connectivity index (χ2n) is 10.5. The van der Waals surface area contributed by atoms with Crippen molar-refractivity contribution < 1.29 is 19.2 Å². The molecule has 4 atom stereocenters. The zero-order valence-corrected chi connectivity index (χ0v) is 22.9. The van der Waals surface area contributed by atoms with Crippen molar-refractivity contribution in [1.29, 1.82) is 0 Å². The molecule has 0 saturated carbocycles. The van der Waals surface area contributed by atoms with Crippen LogP contribution in [0.5, 0.6) is 0 Å². The van der Waals surface area contributed by atoms with E-state index in [2.05, 4.69) is 36.9 Å². The number of rotatable bonds is 4. The first-order chi connectivity index (χ1) is 19.3. The molecule has 0 unspecified atom stereocenters. The number of H-pyrrole nitrogens is 1. The highest BCUT2D eigenvalue weighted by molar-refractivity contribution is 9.10. The maximum Gasteiger partial charge on any atom is 0.250 e. The Balaban J connectivity index is 1.34. The van der Waals surface area contributed by atoms with E-state index in [-0.39, 0.29) is 17.7 Å². The molecule has 4 heterocycles. The number of aromatic nitrogens is 1. The smallest absolute Gasteiger partial charge is 0.250 e. The SMILES string of the molecule is CC(=O)Nc1ccc(N2C(=O)[C@H]3[C@@H](C2=O)[C@]2(N[C@@H]3Cc3c[nH]c4ccccc34)C(=O)Nc3ccc(Br)cc32)cc1. The fraction of sp³-hybridized carbons (Fsp3) is 0.200. The predicted octanol–water partition coefficient (Wildman–Crippen LogP) is 4.06. The van der Waals surface area contributed by atoms with Crippen LogP contribution in [-0.4, -0.2) is 34.7 Å². The van der Waals surface area contributed by atoms with Gasteiger partial charge in [-0.1, -0.05) is 34.1 Å². The Hall–Kier alpha value is -4.28. The third-order valence-corrected chi connectivity index (χ3v) is 8.73. The highest BCUT2D eigenvalue weighted by Gasteiger charge is 2.70. The topological polar surface area (TPSA) is 123 Å². The summed E-state index contributed by atoms with van der Waals surface area (Å²) in [7, 11) is 0. The van der Waals surface area contributed by atoms with E-state index < -0.39 is 29.3 Å². The molecular weight excluding hydrogens is 574 g/mol. The quantitative estimate of drug-likeness (QED) is 0.264. The van der Waals surface area contributed by atoms with Crippen LogP contribution in [0.1, 0.15) is 18.1 Å². The molecule has 2 saturated heterocycles. The molecule has 0 bridgehead atoms. The normalized spacial score (nSPS) is 25.0. The van der Waals surface area contributed by atoms with E-state index in [1.807, 2.05) is 42.6 Å². The Bertz CT molecular complexity index is 1750. The van der Waals surface area contributed by atoms with Gasteiger partial charge in [-0.2, -0.15) is 0 Å². The number of imide groups is 1. The first-order valence-corrected chi connectivity index (χ1v) is 13.8. The van der Waals surface area contributed by atoms with E-state index in [1.54, 1.807) is 30.3 Å². The van der Waals surface area contributed by atoms with E-state index >= 15 is 0 Å². The van der Waals surface area contributed by atoms with Crippen LogP contribution < -0.4 is 20.9 Å². The van der Waals surface area contributed by atoms with E-state index in [0.29, 0.717) is 29.0 Å². The highest BCUT2D eigenvalue weighted by atomic mass is 79.9. The zero-order valence-electron chi connectivity index (χ0n) is 21.3. The summed E-state index contributed by atoms with van der Waals surface area (Å²) in [5.41, 5.74) is 2.78. The Morgan fingerprint density at radius 2 is 1.80 bits per heavy atom. The average molecular weight is 598 g/mol. The van der Waals surface area contributed by atoms with Crippen LogP contribution in [-0.2, 0) is 31.1 Å². The number of nitrogens with one attached hydrogen (secondary N) is 4. The fourth-order valence-corrected chi connectivity index (χ4v) is 7.00. The molecule has 4 N–H and O–H groups in total. The lowest BCUT2D eigenvalue weighted by Crippen LogP contribution is -2.53. The van der Waals surface area contributed by atoms with Gasteiger partial charge in [-0.05, 0) is 60.5 Å². The van der Waals surface area contributed by atoms with Crippen molar-refractivity contribution in [2.75, 3.05) is 15.5 Å². The van der Waals surface area contributed by atoms with Gasteiger partial charge in [0.05, 0.1) is 17.5 Å². The molecule has 40 heavy (non-hydrogen) atoms. The molecule has 1 aromatic heterocycles. The number of halogens is 1. The van der Waals surface area contributed by atoms with Crippen LogP contribution in [0.3, 0.4) is 0 Å². The molecule has 1 spiro atoms. The Morgan fingerprint density at radius 1 is 1.02 bits per heavy atom. The van der Waals surface area contributed by atoms with Gasteiger partial charge in [0.2, 0.25) is 23.6 Å². The number of fused-ring (bicyclic) bond motifs is 5. The first-order valence-electron chi connectivity index (χ1n) is 13.0. The molecule has 0 radical (unpaired) electrons. The molecule has 200 valence electrons. The summed E-state index contributed by atoms with van der Waals surface area (Å²) in [5, 5.41) is 10.2. The van der Waals surface area contributed by atoms with E-state index in [0.717, 1.165) is 20.9 Å². The van der Waals surface area contributed by atoms with Gasteiger partial charge < -0.3 is 15.6 Å². The number of hydrogen-bond acceptors (Lipinski definition) is 5. The van der Waals surface area contributed by atoms with Gasteiger partial charge in [0.25, 0.3) is 0 Å². The molecule has 10 heteroatoms. The molecule has 4 aromatic rings. The minimum absolute atomic E-state index is 0.221. The molecule has 9 nitrogen and oxygen atoms in total. The standard InChI is InChI=1S/C30H24BrN5O4/c1-15(37)33-18-7-9-19(10-8-18)36-27(38)25-24(12-16-14-32-22-5-3-2-4-20(16)22)35-30(26(25)28(36)39)21-13-17(31)6-11-23(21)34-29(30)40/h2-11,13-14,24-26,32,35H,12H2,1H3,(H,33,37)(H,34,40)/t24-,25-,26+,30+/m1/s1. The van der Waals surface area contributed by atoms with Crippen LogP contribution in [0, 0.1) is 11.8 Å². The largest absolute Gasteiger partial charge is 0.361 e. The number of hydrogen-bond donors (Lipinski definition) is 4. The van der Waals surface area contributed by atoms with Crippen LogP contribution in [0.4, 0.5) is 17.1 Å². The van der Waals surface area contributed by atoms with Crippen molar-refractivity contribution in [1.82, 2.24) is 10.3 Å². The number of para-hydroxylation sites is 1. The third-order valence-electron chi connectivity index (χ3n) is 8.24. The van der Waals surface area contributed by atoms with Gasteiger partial charge in [-0.3, -0.25) is 24.5 Å². The van der Waals surface area contributed by atoms with Gasteiger partial charge in [0, 0.05) is 51.5 Å². The van der Waals surface area contributed by atoms with Gasteiger partial charge in [-0.15, -0.1) is 0 Å². The maximum absolute atomic E-state index is 14.2. The van der Waals surface area contributed by atoms with Crippen LogP contribution in [0.2, 0.25) is 0 Å². The lowest BCUT2D eigenvalue weighted by atomic mass is 9.76. The molecule has 4 amide bonds. The molecule has 3 aliphatic rings. The van der Waals surface area contributed by atoms with Gasteiger partial charge in [0.1, 0.15) is 5.54 Å². The molecule has 3 aliphatic heterocycles. The summed E-state index contributed by atoms with van der Waals surface area (Å²) in [5.74, 6) is -3.07. The fourth-order valence-electron chi connectivity index (χ4n) is 6.64. The Labute approximate surface area is 237 Å². The summed E-state index contributed by atoms with van der Waals surface area (Å²) < 4.78 is 0.766. The summed E-state index contributed by atoms with van der Waals surface area (Å²) >= 11 is 3.51. The minimum atomic E-state index is -1.40. The third kappa shape index (κ3) is 3.49. The van der Waals surface area contributed by atoms with Crippen molar-refractivity contribution in [3.8, 4) is 0 Å². The van der Waals surface area contributed by atoms with Gasteiger partial charge >= 0.3 is 0 Å². The molecule has 7 rings (SSSR count). The summed E-state index contributed by atoms with van der Waals surface area (Å²) in [6, 6.07) is 19.5. The lowest BCUT2D eigenvalue weighted by molar-refractivity contribution is -0.130. The van der Waals surface area contributed by atoms with Crippen molar-refractivity contribution in [3.05, 3.63) is 88.5 Å². The Morgan fingerprint density at radius 3 is 2.58 bits per heavy atom. The number of amides is 4. The number of anilines is 3. The van der Waals surface area contributed by atoms with E-state index in [4.69, 9.17) is 0 Å². The van der Waals surface area contributed by atoms with E-state index in [1.165, 1.54) is 11.8 Å². The number of carbonyl (C=O) groups is 4. The highest BCUT2D eigenvalue weighted by Crippen LogP contribution is 2.54. The minimum Gasteiger partial charge on any atom is -0.361 e. The summed E-state index contributed by atoms with van der Waals surface area (Å²) in [6.07, 6.45) is 2.36. The number of nitrogens with zero attached hydrogens (tertiary/aromatic N) is 1. The summed E-state index contributed by atoms with van der Waals surface area (Å²) in [4.78, 5) is 58.1. The first kappa shape index (κ1) is 24.7. The average Bonchev–Trinajstić information content (AvgIpc) is 3.64. The van der Waals surface area contributed by atoms with Crippen LogP contribution in [0.25, 0.3) is 10.9 Å². The molecular formula is C30H24BrN5O4. The molecule has 0 aliphatic carbocycles. The monoisotopic (exact) mass is 597 g/mol. The van der Waals surface area contributed by atoms with Crippen LogP contribution >= 0.6 is 15.9 Å². The van der Waals surface area contributed by atoms with Crippen molar-refractivity contribution in [3.63, 3.8) is 0 Å². The molecule has 3 aromatic carbocycles. The lowest BCUT2D eigenvalue weighted by Gasteiger charge is -2.29. The predicted molar refractivity (Wildman–Crippen MR) is 154 cm³/mol. The number of benzene rings is 3. The maximum atomic E-state index is 14.2. The van der Waals surface area contributed by atoms with Gasteiger partial charge in [0.15, 0.2) is 0 Å². The van der Waals surface area contributed by atoms with E-state index in [9.17, 15) is 19.2 Å². The second kappa shape index (κ2) is 8.87. The van der Waals surface area contributed by atoms with Crippen molar-refractivity contribution >= 4 is 67.5 Å². The van der Waals surface area contributed by atoms with Crippen molar-refractivity contribution in [2.45, 2.75) is 24.9 Å².